The molecule has 0 aliphatic rings. The van der Waals surface area contributed by atoms with Crippen molar-refractivity contribution in [3.63, 3.8) is 0 Å². The first-order chi connectivity index (χ1) is 7.52. The second kappa shape index (κ2) is 4.79. The van der Waals surface area contributed by atoms with Crippen molar-refractivity contribution in [2.24, 2.45) is 5.73 Å². The molecule has 1 aromatic rings. The standard InChI is InChI=1S/C8H9F2N3O3/c1-16-6-5(7(9)10)4(2-11)3-12-8(6)13(14)15/h3,7H,2,11H2,1H3. The van der Waals surface area contributed by atoms with Gasteiger partial charge in [0, 0.05) is 12.1 Å². The van der Waals surface area contributed by atoms with Crippen molar-refractivity contribution in [3.8, 4) is 5.75 Å². The van der Waals surface area contributed by atoms with Crippen LogP contribution in [0.25, 0.3) is 0 Å². The normalized spacial score (nSPS) is 10.6. The Labute approximate surface area is 89.2 Å². The number of methoxy groups -OCH3 is 1. The van der Waals surface area contributed by atoms with Crippen LogP contribution in [0.15, 0.2) is 6.20 Å². The Bertz CT molecular complexity index is 412. The average molecular weight is 233 g/mol. The van der Waals surface area contributed by atoms with E-state index in [0.29, 0.717) is 0 Å². The van der Waals surface area contributed by atoms with Crippen molar-refractivity contribution in [2.45, 2.75) is 13.0 Å². The van der Waals surface area contributed by atoms with Gasteiger partial charge in [-0.25, -0.2) is 8.78 Å². The Hall–Kier alpha value is -1.83. The molecule has 0 bridgehead atoms. The molecular formula is C8H9F2N3O3. The summed E-state index contributed by atoms with van der Waals surface area (Å²) in [6.07, 6.45) is -1.95. The molecule has 1 rings (SSSR count). The van der Waals surface area contributed by atoms with Crippen LogP contribution in [0.5, 0.6) is 5.75 Å². The fraction of sp³-hybridized carbons (Fsp3) is 0.375. The molecule has 8 heteroatoms. The molecule has 88 valence electrons. The average Bonchev–Trinajstić information content (AvgIpc) is 2.26. The second-order valence-corrected chi connectivity index (χ2v) is 2.82. The molecule has 0 aliphatic carbocycles. The molecule has 0 saturated heterocycles. The Morgan fingerprint density at radius 2 is 2.31 bits per heavy atom. The zero-order chi connectivity index (χ0) is 12.3. The predicted molar refractivity (Wildman–Crippen MR) is 50.3 cm³/mol. The van der Waals surface area contributed by atoms with E-state index >= 15 is 0 Å². The van der Waals surface area contributed by atoms with Crippen LogP contribution < -0.4 is 10.5 Å². The van der Waals surface area contributed by atoms with Crippen LogP contribution in [0.1, 0.15) is 17.6 Å². The van der Waals surface area contributed by atoms with E-state index in [-0.39, 0.29) is 12.1 Å². The molecule has 0 aliphatic heterocycles. The third-order valence-electron chi connectivity index (χ3n) is 1.95. The SMILES string of the molecule is COc1c([N+](=O)[O-])ncc(CN)c1C(F)F. The Balaban J connectivity index is 3.49. The Morgan fingerprint density at radius 3 is 2.69 bits per heavy atom. The first-order valence-corrected chi connectivity index (χ1v) is 4.21. The molecule has 0 amide bonds. The first kappa shape index (κ1) is 12.2. The summed E-state index contributed by atoms with van der Waals surface area (Å²) in [5.41, 5.74) is 4.69. The smallest absolute Gasteiger partial charge is 0.406 e. The van der Waals surface area contributed by atoms with Crippen molar-refractivity contribution in [3.05, 3.63) is 27.4 Å². The number of pyridine rings is 1. The van der Waals surface area contributed by atoms with Gasteiger partial charge < -0.3 is 20.6 Å². The summed E-state index contributed by atoms with van der Waals surface area (Å²) in [5, 5.41) is 10.5. The number of rotatable bonds is 4. The minimum absolute atomic E-state index is 0.0254. The van der Waals surface area contributed by atoms with Gasteiger partial charge in [0.05, 0.1) is 12.7 Å². The molecule has 2 N–H and O–H groups in total. The fourth-order valence-electron chi connectivity index (χ4n) is 1.27. The first-order valence-electron chi connectivity index (χ1n) is 4.21. The lowest BCUT2D eigenvalue weighted by Gasteiger charge is -2.10. The third kappa shape index (κ3) is 2.06. The van der Waals surface area contributed by atoms with Crippen molar-refractivity contribution in [2.75, 3.05) is 7.11 Å². The van der Waals surface area contributed by atoms with E-state index in [2.05, 4.69) is 9.72 Å². The largest absolute Gasteiger partial charge is 0.489 e. The van der Waals surface area contributed by atoms with Gasteiger partial charge in [0.15, 0.2) is 0 Å². The lowest BCUT2D eigenvalue weighted by molar-refractivity contribution is -0.390. The van der Waals surface area contributed by atoms with E-state index < -0.39 is 28.5 Å². The lowest BCUT2D eigenvalue weighted by atomic mass is 10.1. The highest BCUT2D eigenvalue weighted by Crippen LogP contribution is 2.37. The number of nitrogens with two attached hydrogens (primary N) is 1. The van der Waals surface area contributed by atoms with Gasteiger partial charge >= 0.3 is 5.82 Å². The maximum Gasteiger partial charge on any atom is 0.406 e. The molecule has 0 spiro atoms. The highest BCUT2D eigenvalue weighted by molar-refractivity contribution is 5.50. The number of nitro groups is 1. The molecule has 0 radical (unpaired) electrons. The van der Waals surface area contributed by atoms with Crippen molar-refractivity contribution in [1.82, 2.24) is 4.98 Å². The zero-order valence-corrected chi connectivity index (χ0v) is 8.31. The number of alkyl halides is 2. The number of hydrogen-bond donors (Lipinski definition) is 1. The minimum Gasteiger partial charge on any atom is -0.489 e. The van der Waals surface area contributed by atoms with E-state index in [1.165, 1.54) is 0 Å². The summed E-state index contributed by atoms with van der Waals surface area (Å²) in [6, 6.07) is 0. The number of halogens is 2. The third-order valence-corrected chi connectivity index (χ3v) is 1.95. The van der Waals surface area contributed by atoms with Gasteiger partial charge in [-0.15, -0.1) is 0 Å². The molecular weight excluding hydrogens is 224 g/mol. The van der Waals surface area contributed by atoms with Gasteiger partial charge in [-0.05, 0) is 9.91 Å². The van der Waals surface area contributed by atoms with Gasteiger partial charge in [-0.2, -0.15) is 0 Å². The quantitative estimate of drug-likeness (QED) is 0.626. The Morgan fingerprint density at radius 1 is 1.69 bits per heavy atom. The van der Waals surface area contributed by atoms with E-state index in [4.69, 9.17) is 5.73 Å². The summed E-state index contributed by atoms with van der Waals surface area (Å²) in [7, 11) is 1.07. The summed E-state index contributed by atoms with van der Waals surface area (Å²) < 4.78 is 30.0. The highest BCUT2D eigenvalue weighted by atomic mass is 19.3. The summed E-state index contributed by atoms with van der Waals surface area (Å²) in [6.45, 7) is -0.193. The highest BCUT2D eigenvalue weighted by Gasteiger charge is 2.28. The van der Waals surface area contributed by atoms with Crippen molar-refractivity contribution in [1.29, 1.82) is 0 Å². The maximum atomic E-state index is 12.7. The van der Waals surface area contributed by atoms with E-state index in [0.717, 1.165) is 13.3 Å². The lowest BCUT2D eigenvalue weighted by Crippen LogP contribution is -2.08. The molecule has 0 unspecified atom stereocenters. The van der Waals surface area contributed by atoms with Crippen molar-refractivity contribution >= 4 is 5.82 Å². The summed E-state index contributed by atoms with van der Waals surface area (Å²) in [4.78, 5) is 13.1. The summed E-state index contributed by atoms with van der Waals surface area (Å²) >= 11 is 0. The molecule has 0 atom stereocenters. The molecule has 1 heterocycles. The van der Waals surface area contributed by atoms with E-state index in [1.54, 1.807) is 0 Å². The monoisotopic (exact) mass is 233 g/mol. The topological polar surface area (TPSA) is 91.3 Å². The van der Waals surface area contributed by atoms with Crippen LogP contribution in [0, 0.1) is 10.1 Å². The van der Waals surface area contributed by atoms with Gasteiger partial charge in [0.1, 0.15) is 6.20 Å². The second-order valence-electron chi connectivity index (χ2n) is 2.82. The van der Waals surface area contributed by atoms with Crippen LogP contribution in [0.3, 0.4) is 0 Å². The molecule has 16 heavy (non-hydrogen) atoms. The molecule has 0 saturated carbocycles. The molecule has 0 aromatic carbocycles. The van der Waals surface area contributed by atoms with Crippen molar-refractivity contribution < 1.29 is 18.4 Å². The number of hydrogen-bond acceptors (Lipinski definition) is 5. The van der Waals surface area contributed by atoms with Gasteiger partial charge in [-0.3, -0.25) is 0 Å². The molecule has 1 aromatic heterocycles. The predicted octanol–water partition coefficient (Wildman–Crippen LogP) is 1.39. The molecule has 6 nitrogen and oxygen atoms in total. The number of ether oxygens (including phenoxy) is 1. The zero-order valence-electron chi connectivity index (χ0n) is 8.31. The van der Waals surface area contributed by atoms with Crippen LogP contribution in [0.2, 0.25) is 0 Å². The number of aromatic nitrogens is 1. The molecule has 0 fully saturated rings. The fourth-order valence-corrected chi connectivity index (χ4v) is 1.27. The van der Waals surface area contributed by atoms with Crippen LogP contribution >= 0.6 is 0 Å². The summed E-state index contributed by atoms with van der Waals surface area (Å²) in [5.74, 6) is -1.28. The van der Waals surface area contributed by atoms with Crippen LogP contribution in [-0.2, 0) is 6.54 Å². The maximum absolute atomic E-state index is 12.7. The van der Waals surface area contributed by atoms with Gasteiger partial charge in [-0.1, -0.05) is 0 Å². The van der Waals surface area contributed by atoms with Gasteiger partial charge in [0.25, 0.3) is 6.43 Å². The number of nitrogens with zero attached hydrogens (tertiary/aromatic N) is 2. The minimum atomic E-state index is -2.91. The van der Waals surface area contributed by atoms with Crippen LogP contribution in [0.4, 0.5) is 14.6 Å². The van der Waals surface area contributed by atoms with Gasteiger partial charge in [0.2, 0.25) is 5.75 Å². The van der Waals surface area contributed by atoms with Crippen LogP contribution in [-0.4, -0.2) is 17.0 Å². The van der Waals surface area contributed by atoms with E-state index in [9.17, 15) is 18.9 Å². The Kier molecular flexibility index (Phi) is 3.67. The van der Waals surface area contributed by atoms with E-state index in [1.807, 2.05) is 0 Å².